The highest BCUT2D eigenvalue weighted by atomic mass is 16.7. The van der Waals surface area contributed by atoms with Gasteiger partial charge in [0, 0.05) is 38.5 Å². The fourth-order valence-corrected chi connectivity index (χ4v) is 7.20. The van der Waals surface area contributed by atoms with Crippen molar-refractivity contribution < 1.29 is 86.4 Å². The van der Waals surface area contributed by atoms with Crippen molar-refractivity contribution in [3.8, 4) is 0 Å². The summed E-state index contributed by atoms with van der Waals surface area (Å²) in [6.07, 6.45) is 22.0. The molecule has 3 aliphatic carbocycles. The first-order chi connectivity index (χ1) is 35.5. The molecule has 85 heavy (non-hydrogen) atoms. The molecule has 0 aromatic heterocycles. The Labute approximate surface area is 513 Å². The van der Waals surface area contributed by atoms with Crippen LogP contribution in [0, 0.1) is 0 Å². The largest absolute Gasteiger partial charge is 0.480 e. The van der Waals surface area contributed by atoms with E-state index in [0.29, 0.717) is 28.8 Å². The van der Waals surface area contributed by atoms with Crippen molar-refractivity contribution in [2.24, 2.45) is 0 Å². The Morgan fingerprint density at radius 3 is 1.07 bits per heavy atom. The van der Waals surface area contributed by atoms with Crippen molar-refractivity contribution in [1.29, 1.82) is 0 Å². The summed E-state index contributed by atoms with van der Waals surface area (Å²) < 4.78 is 20.7. The number of imide groups is 1. The van der Waals surface area contributed by atoms with Crippen LogP contribution >= 0.6 is 0 Å². The number of carbonyl (C=O) groups excluding carboxylic acids is 11. The van der Waals surface area contributed by atoms with Gasteiger partial charge in [0.1, 0.15) is 65.9 Å². The third-order valence-corrected chi connectivity index (χ3v) is 11.0. The highest BCUT2D eigenvalue weighted by Gasteiger charge is 2.34. The van der Waals surface area contributed by atoms with Gasteiger partial charge in [0.2, 0.25) is 17.7 Å². The van der Waals surface area contributed by atoms with Gasteiger partial charge < -0.3 is 44.8 Å². The molecule has 4 rings (SSSR count). The first kappa shape index (κ1) is 97.6. The van der Waals surface area contributed by atoms with E-state index in [1.54, 1.807) is 41.5 Å². The van der Waals surface area contributed by atoms with E-state index in [0.717, 1.165) is 83.5 Å². The van der Waals surface area contributed by atoms with Crippen molar-refractivity contribution in [1.82, 2.24) is 21.0 Å². The Hall–Kier alpha value is -6.48. The highest BCUT2D eigenvalue weighted by molar-refractivity contribution is 6.03. The number of carboxylic acids is 1. The molecule has 1 heterocycles. The summed E-state index contributed by atoms with van der Waals surface area (Å²) in [6, 6.07) is -2.79. The maximum absolute atomic E-state index is 11.9. The Morgan fingerprint density at radius 2 is 0.741 bits per heavy atom. The van der Waals surface area contributed by atoms with Gasteiger partial charge in [-0.05, 0) is 126 Å². The molecule has 2 fully saturated rings. The molecule has 22 nitrogen and oxygen atoms in total. The number of carboxylic acid groups (broad SMARTS) is 1. The van der Waals surface area contributed by atoms with E-state index in [2.05, 4.69) is 20.8 Å². The van der Waals surface area contributed by atoms with E-state index in [4.69, 9.17) is 24.1 Å². The monoisotopic (exact) mass is 1220 g/mol. The number of hydrogen-bond donors (Lipinski definition) is 4. The number of nitrogens with zero attached hydrogens (tertiary/aromatic N) is 1. The topological polar surface area (TPSA) is 311 Å². The fraction of sp³-hybridized carbons (Fsp3) is 0.746. The molecule has 3 atom stereocenters. The first-order valence-electron chi connectivity index (χ1n) is 26.5. The summed E-state index contributed by atoms with van der Waals surface area (Å²) in [5, 5.41) is 15.9. The molecule has 22 heteroatoms. The quantitative estimate of drug-likeness (QED) is 0.0512. The number of ketones is 1. The standard InChI is InChI=1S/C18H29NO5.C14H20N2O7.C14H21NO5.C8H14O.9CH4/c1-13(17(22)24-18(2,3)4)19-15(20)12-16(21)23-14-10-8-6-5-7-9-11-14;1-8(13(21)22-14(2,3)4)15-9(17)7-12(20)23-16-10(18)5-6-11(16)19;1-10(14(18)19)15-12(16)9-13(17)20-11-7-5-3-2-4-6-8-11;9-8-6-4-2-1-3-5-7-8;;;;;;;;;/h10,13H,5-9,11-12H2,1-4H3,(H,19,20);8H,5-7H2,1-4H3,(H,15,17);7,10H,2-6,8-9H2,1H3,(H,15,16)(H,18,19);1-7H2;9*1H4/b14-10+;;11-7+;;;;;;;;;;. The summed E-state index contributed by atoms with van der Waals surface area (Å²) in [5.74, 6) is -6.14. The summed E-state index contributed by atoms with van der Waals surface area (Å²) in [4.78, 5) is 142. The summed E-state index contributed by atoms with van der Waals surface area (Å²) in [7, 11) is 0. The number of esters is 4. The van der Waals surface area contributed by atoms with Gasteiger partial charge in [0.15, 0.2) is 0 Å². The van der Waals surface area contributed by atoms with Crippen molar-refractivity contribution in [2.75, 3.05) is 0 Å². The molecular formula is C63H120N4O18. The number of amides is 5. The van der Waals surface area contributed by atoms with Crippen LogP contribution < -0.4 is 16.0 Å². The number of hydroxylamine groups is 2. The summed E-state index contributed by atoms with van der Waals surface area (Å²) >= 11 is 0. The third-order valence-electron chi connectivity index (χ3n) is 11.0. The smallest absolute Gasteiger partial charge is 0.342 e. The van der Waals surface area contributed by atoms with Crippen LogP contribution in [0.5, 0.6) is 0 Å². The van der Waals surface area contributed by atoms with E-state index in [-0.39, 0.29) is 79.7 Å². The van der Waals surface area contributed by atoms with Crippen molar-refractivity contribution in [3.63, 3.8) is 0 Å². The zero-order valence-electron chi connectivity index (χ0n) is 46.2. The Kier molecular flexibility index (Phi) is 59.6. The van der Waals surface area contributed by atoms with E-state index in [9.17, 15) is 57.5 Å². The normalized spacial score (nSPS) is 16.8. The second-order valence-electron chi connectivity index (χ2n) is 20.8. The number of Topliss-reactive ketones (excluding diaryl/α,β-unsaturated/α-hetero) is 1. The number of rotatable bonds is 15. The molecule has 1 saturated heterocycles. The molecule has 0 radical (unpaired) electrons. The van der Waals surface area contributed by atoms with Gasteiger partial charge in [0.25, 0.3) is 11.8 Å². The zero-order chi connectivity index (χ0) is 57.4. The minimum absolute atomic E-state index is 0. The van der Waals surface area contributed by atoms with Gasteiger partial charge in [-0.25, -0.2) is 14.4 Å². The number of aliphatic carboxylic acids is 1. The minimum atomic E-state index is -1.14. The minimum Gasteiger partial charge on any atom is -0.480 e. The van der Waals surface area contributed by atoms with Gasteiger partial charge >= 0.3 is 35.8 Å². The summed E-state index contributed by atoms with van der Waals surface area (Å²) in [6.45, 7) is 14.6. The molecule has 4 aliphatic rings. The van der Waals surface area contributed by atoms with E-state index in [1.165, 1.54) is 52.9 Å². The molecule has 500 valence electrons. The van der Waals surface area contributed by atoms with Crippen LogP contribution in [0.25, 0.3) is 0 Å². The lowest BCUT2D eigenvalue weighted by molar-refractivity contribution is -0.197. The zero-order valence-corrected chi connectivity index (χ0v) is 46.2. The highest BCUT2D eigenvalue weighted by Crippen LogP contribution is 2.20. The Bertz CT molecular complexity index is 2050. The molecule has 4 N–H and O–H groups in total. The fourth-order valence-electron chi connectivity index (χ4n) is 7.20. The molecular weight excluding hydrogens is 1100 g/mol. The lowest BCUT2D eigenvalue weighted by Crippen LogP contribution is -2.43. The predicted octanol–water partition coefficient (Wildman–Crippen LogP) is 12.6. The number of allylic oxidation sites excluding steroid dienone is 4. The van der Waals surface area contributed by atoms with Gasteiger partial charge in [0.05, 0.1) is 0 Å². The van der Waals surface area contributed by atoms with E-state index < -0.39 is 114 Å². The number of hydrogen-bond acceptors (Lipinski definition) is 17. The van der Waals surface area contributed by atoms with Crippen LogP contribution in [0.15, 0.2) is 23.7 Å². The molecule has 3 unspecified atom stereocenters. The maximum atomic E-state index is 11.9. The molecule has 0 aromatic rings. The second-order valence-corrected chi connectivity index (χ2v) is 20.8. The number of nitrogens with one attached hydrogen (secondary N) is 3. The number of ether oxygens (including phenoxy) is 4. The molecule has 0 spiro atoms. The summed E-state index contributed by atoms with van der Waals surface area (Å²) in [5.41, 5.74) is -1.33. The van der Waals surface area contributed by atoms with Gasteiger partial charge in [-0.15, -0.1) is 5.06 Å². The SMILES string of the molecule is C.C.C.C.C.C.C.C.C.CC(NC(=O)CC(=O)O/C1=C/CCCCCC1)C(=O)O.CC(NC(=O)CC(=O)O/C1=C/CCCCCC1)C(=O)OC(C)(C)C.CC(NC(=O)CC(=O)ON1C(=O)CCC1=O)C(=O)OC(C)(C)C.O=C1CCCCCCC1. The second kappa shape index (κ2) is 51.9. The van der Waals surface area contributed by atoms with Crippen LogP contribution in [-0.4, -0.2) is 111 Å². The van der Waals surface area contributed by atoms with Crippen LogP contribution in [0.2, 0.25) is 0 Å². The molecule has 1 aliphatic heterocycles. The lowest BCUT2D eigenvalue weighted by atomic mass is 10.0. The lowest BCUT2D eigenvalue weighted by Gasteiger charge is -2.22. The van der Waals surface area contributed by atoms with Crippen LogP contribution in [0.3, 0.4) is 0 Å². The Morgan fingerprint density at radius 1 is 0.447 bits per heavy atom. The average molecular weight is 1220 g/mol. The van der Waals surface area contributed by atoms with E-state index in [1.807, 2.05) is 12.2 Å². The van der Waals surface area contributed by atoms with Crippen LogP contribution in [-0.2, 0) is 81.3 Å². The predicted molar refractivity (Wildman–Crippen MR) is 335 cm³/mol. The molecule has 1 saturated carbocycles. The average Bonchev–Trinajstić information content (AvgIpc) is 3.58. The van der Waals surface area contributed by atoms with E-state index >= 15 is 0 Å². The maximum Gasteiger partial charge on any atom is 0.342 e. The Balaban J connectivity index is -0.000000129. The molecule has 0 bridgehead atoms. The third kappa shape index (κ3) is 49.5. The number of carbonyl (C=O) groups is 12. The van der Waals surface area contributed by atoms with Gasteiger partial charge in [-0.3, -0.25) is 43.2 Å². The van der Waals surface area contributed by atoms with Gasteiger partial charge in [-0.1, -0.05) is 112 Å². The van der Waals surface area contributed by atoms with Gasteiger partial charge in [-0.2, -0.15) is 0 Å². The molecule has 0 aromatic carbocycles. The van der Waals surface area contributed by atoms with Crippen molar-refractivity contribution in [2.45, 2.75) is 313 Å². The van der Waals surface area contributed by atoms with Crippen molar-refractivity contribution >= 4 is 71.1 Å². The first-order valence-corrected chi connectivity index (χ1v) is 26.5. The van der Waals surface area contributed by atoms with Crippen LogP contribution in [0.4, 0.5) is 0 Å². The molecule has 5 amide bonds. The van der Waals surface area contributed by atoms with Crippen LogP contribution in [0.1, 0.15) is 283 Å². The van der Waals surface area contributed by atoms with Crippen molar-refractivity contribution in [3.05, 3.63) is 23.7 Å².